The highest BCUT2D eigenvalue weighted by Gasteiger charge is 2.56. The normalized spacial score (nSPS) is 15.6. The van der Waals surface area contributed by atoms with Gasteiger partial charge in [-0.3, -0.25) is 19.2 Å². The number of amides is 3. The van der Waals surface area contributed by atoms with Crippen molar-refractivity contribution in [3.8, 4) is 6.07 Å². The number of sulfonamides is 1. The standard InChI is InChI=1S/C58H69N9O10SSi/c1-57(2,3)76-53(69)12-8-6-7-9-26-60-54(70)40-13-19-45(20-14-40)78(73,74)67(32-25-59)52(68)24-16-42-39-66(63-62-42)33-35-75-34-27-61-55(71)41-15-21-46-49(36-41)58(77-56(46)72)47-22-17-43(64-28-10-29-64)37-50(47)79(4,5)51-38-44(18-23-48(51)58)65-30-11-31-65/h13-15,17-23,36-39H,6-12,16,24,26-35H2,1-5H3,(H,60,70)(H,61,71). The van der Waals surface area contributed by atoms with Gasteiger partial charge in [-0.1, -0.05) is 43.3 Å². The number of hydrogen-bond donors (Lipinski definition) is 2. The van der Waals surface area contributed by atoms with Crippen molar-refractivity contribution < 1.29 is 46.6 Å². The van der Waals surface area contributed by atoms with Gasteiger partial charge in [-0.25, -0.2) is 22.2 Å². The van der Waals surface area contributed by atoms with E-state index in [0.29, 0.717) is 59.0 Å². The lowest BCUT2D eigenvalue weighted by molar-refractivity contribution is -0.155. The van der Waals surface area contributed by atoms with Crippen LogP contribution in [0.2, 0.25) is 13.1 Å². The van der Waals surface area contributed by atoms with E-state index in [1.807, 2.05) is 20.8 Å². The smallest absolute Gasteiger partial charge is 0.340 e. The van der Waals surface area contributed by atoms with Crippen LogP contribution >= 0.6 is 0 Å². The minimum absolute atomic E-state index is 0.0498. The highest BCUT2D eigenvalue weighted by Crippen LogP contribution is 2.50. The molecule has 2 saturated heterocycles. The van der Waals surface area contributed by atoms with Gasteiger partial charge in [-0.15, -0.1) is 5.10 Å². The van der Waals surface area contributed by atoms with Crippen LogP contribution in [-0.4, -0.2) is 130 Å². The summed E-state index contributed by atoms with van der Waals surface area (Å²) in [7, 11) is -6.77. The molecule has 416 valence electrons. The zero-order valence-corrected chi connectivity index (χ0v) is 47.5. The molecule has 2 fully saturated rings. The Labute approximate surface area is 462 Å². The van der Waals surface area contributed by atoms with Gasteiger partial charge < -0.3 is 34.6 Å². The van der Waals surface area contributed by atoms with Gasteiger partial charge in [-0.2, -0.15) is 5.26 Å². The van der Waals surface area contributed by atoms with Crippen molar-refractivity contribution in [3.05, 3.63) is 124 Å². The molecule has 5 heterocycles. The quantitative estimate of drug-likeness (QED) is 0.0359. The molecule has 0 bridgehead atoms. The highest BCUT2D eigenvalue weighted by atomic mass is 32.2. The zero-order valence-electron chi connectivity index (χ0n) is 45.6. The van der Waals surface area contributed by atoms with Crippen LogP contribution in [0.5, 0.6) is 0 Å². The second-order valence-corrected chi connectivity index (χ2v) is 28.2. The van der Waals surface area contributed by atoms with Crippen molar-refractivity contribution in [1.29, 1.82) is 5.26 Å². The number of esters is 2. The first kappa shape index (κ1) is 56.3. The van der Waals surface area contributed by atoms with Crippen LogP contribution in [0.3, 0.4) is 0 Å². The predicted molar refractivity (Wildman–Crippen MR) is 299 cm³/mol. The molecule has 79 heavy (non-hydrogen) atoms. The second kappa shape index (κ2) is 23.5. The number of nitrogens with one attached hydrogen (secondary N) is 2. The number of nitriles is 1. The van der Waals surface area contributed by atoms with Crippen LogP contribution < -0.4 is 30.8 Å². The maximum Gasteiger partial charge on any atom is 0.340 e. The van der Waals surface area contributed by atoms with E-state index >= 15 is 0 Å². The Bertz CT molecular complexity index is 3220. The first-order valence-electron chi connectivity index (χ1n) is 27.3. The number of unbranched alkanes of at least 4 members (excludes halogenated alkanes) is 3. The molecule has 0 radical (unpaired) electrons. The molecule has 0 unspecified atom stereocenters. The number of ether oxygens (including phenoxy) is 3. The Morgan fingerprint density at radius 3 is 2.03 bits per heavy atom. The number of rotatable bonds is 23. The number of carbonyl (C=O) groups excluding carboxylic acids is 5. The molecular formula is C58H69N9O10SSi. The molecule has 5 aromatic rings. The van der Waals surface area contributed by atoms with Gasteiger partial charge in [0.15, 0.2) is 5.60 Å². The summed E-state index contributed by atoms with van der Waals surface area (Å²) in [6.07, 6.45) is 7.03. The minimum atomic E-state index is -4.44. The third kappa shape index (κ3) is 12.1. The summed E-state index contributed by atoms with van der Waals surface area (Å²) in [5, 5.41) is 25.9. The van der Waals surface area contributed by atoms with Gasteiger partial charge in [0.1, 0.15) is 20.2 Å². The minimum Gasteiger partial charge on any atom is -0.460 e. The van der Waals surface area contributed by atoms with E-state index in [-0.39, 0.29) is 54.9 Å². The third-order valence-corrected chi connectivity index (χ3v) is 20.4. The molecule has 4 aliphatic rings. The van der Waals surface area contributed by atoms with Gasteiger partial charge in [0.05, 0.1) is 42.0 Å². The van der Waals surface area contributed by atoms with Crippen LogP contribution in [0, 0.1) is 11.3 Å². The average molecular weight is 1110 g/mol. The van der Waals surface area contributed by atoms with Gasteiger partial charge in [0.2, 0.25) is 5.91 Å². The first-order chi connectivity index (χ1) is 37.8. The van der Waals surface area contributed by atoms with E-state index in [4.69, 9.17) is 14.2 Å². The first-order valence-corrected chi connectivity index (χ1v) is 31.7. The monoisotopic (exact) mass is 1110 g/mol. The molecule has 19 nitrogen and oxygen atoms in total. The van der Waals surface area contributed by atoms with Gasteiger partial charge >= 0.3 is 11.9 Å². The topological polar surface area (TPSA) is 235 Å². The van der Waals surface area contributed by atoms with Crippen molar-refractivity contribution in [3.63, 3.8) is 0 Å². The Hall–Kier alpha value is -7.41. The van der Waals surface area contributed by atoms with E-state index in [1.54, 1.807) is 30.5 Å². The molecular weight excluding hydrogens is 1040 g/mol. The number of benzene rings is 4. The fourth-order valence-electron chi connectivity index (χ4n) is 10.6. The Balaban J connectivity index is 0.742. The summed E-state index contributed by atoms with van der Waals surface area (Å²) in [6, 6.07) is 25.3. The molecule has 2 N–H and O–H groups in total. The van der Waals surface area contributed by atoms with E-state index in [9.17, 15) is 37.7 Å². The van der Waals surface area contributed by atoms with Crippen LogP contribution in [-0.2, 0) is 52.4 Å². The van der Waals surface area contributed by atoms with Crippen molar-refractivity contribution in [2.24, 2.45) is 0 Å². The lowest BCUT2D eigenvalue weighted by Gasteiger charge is -2.45. The molecule has 4 aromatic carbocycles. The number of aryl methyl sites for hydroxylation is 1. The summed E-state index contributed by atoms with van der Waals surface area (Å²) in [4.78, 5) is 70.2. The molecule has 0 aliphatic carbocycles. The van der Waals surface area contributed by atoms with Gasteiger partial charge in [-0.05, 0) is 124 Å². The predicted octanol–water partition coefficient (Wildman–Crippen LogP) is 5.44. The number of fused-ring (bicyclic) bond motifs is 6. The summed E-state index contributed by atoms with van der Waals surface area (Å²) in [5.74, 6) is -2.18. The van der Waals surface area contributed by atoms with Gasteiger partial charge in [0.25, 0.3) is 21.8 Å². The van der Waals surface area contributed by atoms with Gasteiger partial charge in [0, 0.05) is 104 Å². The molecule has 3 amide bonds. The maximum atomic E-state index is 13.9. The van der Waals surface area contributed by atoms with E-state index < -0.39 is 53.6 Å². The molecule has 0 saturated carbocycles. The largest absolute Gasteiger partial charge is 0.460 e. The Kier molecular flexibility index (Phi) is 16.8. The Morgan fingerprint density at radius 2 is 1.41 bits per heavy atom. The fraction of sp³-hybridized carbons (Fsp3) is 0.448. The highest BCUT2D eigenvalue weighted by molar-refractivity contribution is 7.89. The molecule has 21 heteroatoms. The third-order valence-electron chi connectivity index (χ3n) is 15.1. The zero-order chi connectivity index (χ0) is 56.1. The summed E-state index contributed by atoms with van der Waals surface area (Å²) in [5.41, 5.74) is 4.66. The van der Waals surface area contributed by atoms with Crippen LogP contribution in [0.25, 0.3) is 0 Å². The van der Waals surface area contributed by atoms with E-state index in [2.05, 4.69) is 80.2 Å². The summed E-state index contributed by atoms with van der Waals surface area (Å²) in [6.45, 7) is 14.9. The van der Waals surface area contributed by atoms with Crippen molar-refractivity contribution in [2.45, 2.75) is 114 Å². The van der Waals surface area contributed by atoms with Crippen molar-refractivity contribution >= 4 is 69.5 Å². The second-order valence-electron chi connectivity index (χ2n) is 22.0. The average Bonchev–Trinajstić information content (AvgIpc) is 4.02. The molecule has 9 rings (SSSR count). The SMILES string of the molecule is CC(C)(C)OC(=O)CCCCCCNC(=O)c1ccc(S(=O)(=O)N(CC#N)C(=O)CCc2cn(CCOCCNC(=O)c3ccc4c(c3)C3(OC4=O)c4ccc(N5CCC5)cc4[Si](C)(C)c4cc(N5CCC5)ccc43)nn2)cc1. The van der Waals surface area contributed by atoms with Crippen LogP contribution in [0.1, 0.15) is 126 Å². The molecule has 4 aliphatic heterocycles. The molecule has 1 aromatic heterocycles. The molecule has 1 spiro atoms. The summed E-state index contributed by atoms with van der Waals surface area (Å²) >= 11 is 0. The lowest BCUT2D eigenvalue weighted by atomic mass is 9.78. The number of anilines is 2. The molecule has 0 atom stereocenters. The van der Waals surface area contributed by atoms with Crippen molar-refractivity contribution in [2.75, 3.05) is 68.8 Å². The fourth-order valence-corrected chi connectivity index (χ4v) is 15.1. The maximum absolute atomic E-state index is 13.9. The summed E-state index contributed by atoms with van der Waals surface area (Å²) < 4.78 is 47.0. The number of carbonyl (C=O) groups is 5. The Morgan fingerprint density at radius 1 is 0.785 bits per heavy atom. The number of aromatic nitrogens is 3. The van der Waals surface area contributed by atoms with E-state index in [0.717, 1.165) is 63.0 Å². The van der Waals surface area contributed by atoms with Crippen molar-refractivity contribution in [1.82, 2.24) is 29.9 Å². The van der Waals surface area contributed by atoms with Crippen LogP contribution in [0.4, 0.5) is 11.4 Å². The number of hydrogen-bond acceptors (Lipinski definition) is 15. The number of nitrogens with zero attached hydrogens (tertiary/aromatic N) is 7. The van der Waals surface area contributed by atoms with E-state index in [1.165, 1.54) is 50.7 Å². The lowest BCUT2D eigenvalue weighted by Crippen LogP contribution is -2.63. The van der Waals surface area contributed by atoms with Crippen LogP contribution in [0.15, 0.2) is 90.0 Å².